The summed E-state index contributed by atoms with van der Waals surface area (Å²) >= 11 is 1.63. The van der Waals surface area contributed by atoms with Crippen molar-refractivity contribution in [2.75, 3.05) is 19.5 Å². The van der Waals surface area contributed by atoms with E-state index in [1.165, 1.54) is 0 Å². The zero-order chi connectivity index (χ0) is 27.9. The first-order valence-corrected chi connectivity index (χ1v) is 17.8. The number of thioether (sulfide) groups is 1. The van der Waals surface area contributed by atoms with Gasteiger partial charge in [-0.3, -0.25) is 19.6 Å². The zero-order valence-corrected chi connectivity index (χ0v) is 25.9. The molecule has 0 bridgehead atoms. The van der Waals surface area contributed by atoms with Gasteiger partial charge in [-0.1, -0.05) is 26.8 Å². The molecular weight excluding hydrogens is 512 g/mol. The van der Waals surface area contributed by atoms with Crippen molar-refractivity contribution in [1.82, 2.24) is 9.97 Å². The summed E-state index contributed by atoms with van der Waals surface area (Å²) in [6.45, 7) is 14.6. The quantitative estimate of drug-likeness (QED) is 0.153. The summed E-state index contributed by atoms with van der Waals surface area (Å²) in [5.74, 6) is 0.0891. The maximum atomic E-state index is 13.4. The van der Waals surface area contributed by atoms with Crippen LogP contribution >= 0.6 is 11.8 Å². The van der Waals surface area contributed by atoms with E-state index in [-0.39, 0.29) is 41.5 Å². The highest BCUT2D eigenvalue weighted by molar-refractivity contribution is 7.98. The van der Waals surface area contributed by atoms with Crippen LogP contribution in [0.3, 0.4) is 0 Å². The molecule has 0 radical (unpaired) electrons. The second-order valence-corrected chi connectivity index (χ2v) is 17.5. The second-order valence-electron chi connectivity index (χ2n) is 11.9. The number of ketones is 2. The lowest BCUT2D eigenvalue weighted by Crippen LogP contribution is -2.41. The number of nitrogens with zero attached hydrogens (tertiary/aromatic N) is 2. The van der Waals surface area contributed by atoms with Crippen LogP contribution < -0.4 is 0 Å². The molecule has 6 nitrogen and oxygen atoms in total. The second kappa shape index (κ2) is 13.5. The van der Waals surface area contributed by atoms with Gasteiger partial charge in [-0.05, 0) is 80.3 Å². The fraction of sp³-hybridized carbons (Fsp3) is 0.600. The Labute approximate surface area is 233 Å². The lowest BCUT2D eigenvalue weighted by Gasteiger charge is -2.38. The van der Waals surface area contributed by atoms with E-state index < -0.39 is 8.32 Å². The Bertz CT molecular complexity index is 1060. The number of pyridine rings is 2. The van der Waals surface area contributed by atoms with Gasteiger partial charge in [-0.25, -0.2) is 0 Å². The van der Waals surface area contributed by atoms with Crippen LogP contribution in [0.15, 0.2) is 41.6 Å². The molecule has 0 aromatic carbocycles. The molecule has 2 unspecified atom stereocenters. The Hall–Kier alpha value is -1.87. The molecule has 3 rings (SSSR count). The lowest BCUT2D eigenvalue weighted by molar-refractivity contribution is -0.121. The SMILES string of the molecule is CSc1ccc(C(CC2CCOCC2)C(=O)CCC(=O)c2ccc(C(C)O[Si](C)(C)C(C)(C)C)cn2)nc1. The Morgan fingerprint density at radius 3 is 2.34 bits per heavy atom. The van der Waals surface area contributed by atoms with Crippen LogP contribution in [-0.2, 0) is 14.0 Å². The van der Waals surface area contributed by atoms with Gasteiger partial charge in [0.15, 0.2) is 14.1 Å². The van der Waals surface area contributed by atoms with Gasteiger partial charge in [0.05, 0.1) is 17.7 Å². The molecule has 1 aliphatic rings. The minimum Gasteiger partial charge on any atom is -0.410 e. The number of ether oxygens (including phenoxy) is 1. The van der Waals surface area contributed by atoms with Crippen LogP contribution in [0.4, 0.5) is 0 Å². The van der Waals surface area contributed by atoms with Crippen molar-refractivity contribution in [3.63, 3.8) is 0 Å². The highest BCUT2D eigenvalue weighted by atomic mass is 32.2. The van der Waals surface area contributed by atoms with Crippen LogP contribution in [0.5, 0.6) is 0 Å². The van der Waals surface area contributed by atoms with Gasteiger partial charge >= 0.3 is 0 Å². The van der Waals surface area contributed by atoms with Gasteiger partial charge in [-0.2, -0.15) is 0 Å². The van der Waals surface area contributed by atoms with Gasteiger partial charge in [0, 0.05) is 43.3 Å². The number of carbonyl (C=O) groups is 2. The normalized spacial score (nSPS) is 16.7. The molecular formula is C30H44N2O4SSi. The monoisotopic (exact) mass is 556 g/mol. The van der Waals surface area contributed by atoms with Crippen LogP contribution in [0, 0.1) is 5.92 Å². The largest absolute Gasteiger partial charge is 0.410 e. The summed E-state index contributed by atoms with van der Waals surface area (Å²) in [4.78, 5) is 36.5. The fourth-order valence-corrected chi connectivity index (χ4v) is 6.22. The number of hydrogen-bond acceptors (Lipinski definition) is 7. The first-order chi connectivity index (χ1) is 17.9. The van der Waals surface area contributed by atoms with Crippen LogP contribution in [-0.4, -0.2) is 49.3 Å². The van der Waals surface area contributed by atoms with Crippen molar-refractivity contribution in [2.45, 2.75) is 94.8 Å². The number of carbonyl (C=O) groups excluding carboxylic acids is 2. The third-order valence-corrected chi connectivity index (χ3v) is 13.3. The standard InChI is InChI=1S/C30H44N2O4SSi/c1-21(36-38(6,7)30(2,3)4)23-8-10-27(31-19-23)29(34)13-12-28(33)25(18-22-14-16-35-17-15-22)26-11-9-24(37-5)20-32-26/h8-11,19-22,25H,12-18H2,1-7H3. The number of Topliss-reactive ketones (excluding diaryl/α,β-unsaturated/α-hetero) is 2. The van der Waals surface area contributed by atoms with Crippen LogP contribution in [0.2, 0.25) is 18.1 Å². The van der Waals surface area contributed by atoms with Gasteiger partial charge in [-0.15, -0.1) is 11.8 Å². The third-order valence-electron chi connectivity index (χ3n) is 8.07. The predicted molar refractivity (Wildman–Crippen MR) is 156 cm³/mol. The number of rotatable bonds is 12. The van der Waals surface area contributed by atoms with E-state index in [2.05, 4.69) is 43.8 Å². The lowest BCUT2D eigenvalue weighted by atomic mass is 9.83. The summed E-state index contributed by atoms with van der Waals surface area (Å²) in [5, 5.41) is 0.117. The first kappa shape index (κ1) is 30.7. The van der Waals surface area contributed by atoms with E-state index in [1.807, 2.05) is 37.6 Å². The number of hydrogen-bond donors (Lipinski definition) is 0. The van der Waals surface area contributed by atoms with Crippen molar-refractivity contribution in [2.24, 2.45) is 5.92 Å². The zero-order valence-electron chi connectivity index (χ0n) is 24.1. The molecule has 1 aliphatic heterocycles. The molecule has 2 aromatic heterocycles. The van der Waals surface area contributed by atoms with Crippen molar-refractivity contribution < 1.29 is 18.8 Å². The average Bonchev–Trinajstić information content (AvgIpc) is 2.90. The van der Waals surface area contributed by atoms with E-state index in [4.69, 9.17) is 9.16 Å². The number of aromatic nitrogens is 2. The van der Waals surface area contributed by atoms with Crippen molar-refractivity contribution in [3.05, 3.63) is 53.6 Å². The summed E-state index contributed by atoms with van der Waals surface area (Å²) < 4.78 is 12.0. The molecule has 38 heavy (non-hydrogen) atoms. The average molecular weight is 557 g/mol. The molecule has 3 heterocycles. The summed E-state index contributed by atoms with van der Waals surface area (Å²) in [6.07, 6.45) is 8.48. The minimum absolute atomic E-state index is 0.0715. The third kappa shape index (κ3) is 8.31. The molecule has 2 aromatic rings. The van der Waals surface area contributed by atoms with Crippen LogP contribution in [0.1, 0.15) is 93.6 Å². The van der Waals surface area contributed by atoms with Gasteiger partial charge < -0.3 is 9.16 Å². The van der Waals surface area contributed by atoms with E-state index in [9.17, 15) is 9.59 Å². The molecule has 1 saturated heterocycles. The molecule has 8 heteroatoms. The van der Waals surface area contributed by atoms with Gasteiger partial charge in [0.2, 0.25) is 0 Å². The maximum absolute atomic E-state index is 13.4. The molecule has 1 fully saturated rings. The molecule has 0 aliphatic carbocycles. The van der Waals surface area contributed by atoms with Crippen molar-refractivity contribution in [1.29, 1.82) is 0 Å². The minimum atomic E-state index is -1.92. The Balaban J connectivity index is 1.63. The van der Waals surface area contributed by atoms with E-state index in [0.29, 0.717) is 11.6 Å². The topological polar surface area (TPSA) is 78.4 Å². The maximum Gasteiger partial charge on any atom is 0.192 e. The van der Waals surface area contributed by atoms with E-state index in [0.717, 1.165) is 48.6 Å². The summed E-state index contributed by atoms with van der Waals surface area (Å²) in [7, 11) is -1.92. The molecule has 0 N–H and O–H groups in total. The molecule has 0 amide bonds. The van der Waals surface area contributed by atoms with Crippen LogP contribution in [0.25, 0.3) is 0 Å². The Morgan fingerprint density at radius 1 is 1.08 bits per heavy atom. The Morgan fingerprint density at radius 2 is 1.79 bits per heavy atom. The first-order valence-electron chi connectivity index (χ1n) is 13.7. The molecule has 2 atom stereocenters. The van der Waals surface area contributed by atoms with Crippen molar-refractivity contribution >= 4 is 31.6 Å². The van der Waals surface area contributed by atoms with E-state index in [1.54, 1.807) is 24.0 Å². The summed E-state index contributed by atoms with van der Waals surface area (Å²) in [6, 6.07) is 7.66. The van der Waals surface area contributed by atoms with Gasteiger partial charge in [0.25, 0.3) is 0 Å². The molecule has 0 saturated carbocycles. The van der Waals surface area contributed by atoms with E-state index >= 15 is 0 Å². The molecule has 208 valence electrons. The smallest absolute Gasteiger partial charge is 0.192 e. The fourth-order valence-electron chi connectivity index (χ4n) is 4.49. The highest BCUT2D eigenvalue weighted by Crippen LogP contribution is 2.39. The van der Waals surface area contributed by atoms with Gasteiger partial charge in [0.1, 0.15) is 11.5 Å². The predicted octanol–water partition coefficient (Wildman–Crippen LogP) is 7.41. The highest BCUT2D eigenvalue weighted by Gasteiger charge is 2.38. The van der Waals surface area contributed by atoms with Crippen molar-refractivity contribution in [3.8, 4) is 0 Å². The summed E-state index contributed by atoms with van der Waals surface area (Å²) in [5.41, 5.74) is 2.15. The Kier molecular flexibility index (Phi) is 10.9. The molecule has 0 spiro atoms.